The molecule has 0 amide bonds. The Hall–Kier alpha value is -4.37. The first kappa shape index (κ1) is 21.5. The fraction of sp³-hybridized carbons (Fsp3) is 0.0833. The fourth-order valence-corrected chi connectivity index (χ4v) is 4.00. The summed E-state index contributed by atoms with van der Waals surface area (Å²) >= 11 is 6.54. The van der Waals surface area contributed by atoms with E-state index in [1.165, 1.54) is 4.57 Å². The summed E-state index contributed by atoms with van der Waals surface area (Å²) in [7, 11) is 3.34. The largest absolute Gasteiger partial charge is 0.481 e. The van der Waals surface area contributed by atoms with E-state index in [4.69, 9.17) is 16.3 Å². The molecule has 10 heteroatoms. The molecule has 5 aromatic rings. The zero-order valence-electron chi connectivity index (χ0n) is 18.2. The lowest BCUT2D eigenvalue weighted by atomic mass is 10.1. The van der Waals surface area contributed by atoms with E-state index in [2.05, 4.69) is 20.4 Å². The minimum absolute atomic E-state index is 0.464. The number of carboxylic acid groups (broad SMARTS) is 1. The molecule has 9 nitrogen and oxygen atoms in total. The third-order valence-corrected chi connectivity index (χ3v) is 5.70. The van der Waals surface area contributed by atoms with Crippen molar-refractivity contribution < 1.29 is 14.6 Å². The van der Waals surface area contributed by atoms with Gasteiger partial charge in [0.05, 0.1) is 35.2 Å². The van der Waals surface area contributed by atoms with Crippen LogP contribution in [-0.2, 0) is 7.05 Å². The van der Waals surface area contributed by atoms with Crippen LogP contribution in [0.2, 0.25) is 5.02 Å². The van der Waals surface area contributed by atoms with Gasteiger partial charge in [-0.15, -0.1) is 0 Å². The van der Waals surface area contributed by atoms with E-state index in [1.54, 1.807) is 55.8 Å². The molecule has 5 rings (SSSR count). The van der Waals surface area contributed by atoms with Gasteiger partial charge in [0.2, 0.25) is 5.88 Å². The van der Waals surface area contributed by atoms with Crippen LogP contribution in [0.3, 0.4) is 0 Å². The molecule has 170 valence electrons. The van der Waals surface area contributed by atoms with E-state index < -0.39 is 6.09 Å². The van der Waals surface area contributed by atoms with E-state index in [0.717, 1.165) is 11.1 Å². The van der Waals surface area contributed by atoms with Crippen molar-refractivity contribution in [3.63, 3.8) is 0 Å². The SMILES string of the molecule is COc1cc(-c2ccc(Nc3cc4c(cn3)cc(-c3cnn(C)c3)n4C(=O)O)c(Cl)c2)ccn1. The topological polar surface area (TPSA) is 107 Å². The van der Waals surface area contributed by atoms with Crippen molar-refractivity contribution >= 4 is 40.1 Å². The first-order valence-corrected chi connectivity index (χ1v) is 10.6. The third kappa shape index (κ3) is 3.93. The maximum atomic E-state index is 12.1. The van der Waals surface area contributed by atoms with Gasteiger partial charge in [-0.1, -0.05) is 17.7 Å². The Kier molecular flexibility index (Phi) is 5.39. The van der Waals surface area contributed by atoms with Crippen molar-refractivity contribution in [1.29, 1.82) is 0 Å². The number of benzene rings is 1. The Morgan fingerprint density at radius 3 is 2.59 bits per heavy atom. The summed E-state index contributed by atoms with van der Waals surface area (Å²) in [6.45, 7) is 0. The summed E-state index contributed by atoms with van der Waals surface area (Å²) in [6.07, 6.45) is 5.59. The number of ether oxygens (including phenoxy) is 1. The van der Waals surface area contributed by atoms with Gasteiger partial charge < -0.3 is 15.2 Å². The Bertz CT molecular complexity index is 1540. The van der Waals surface area contributed by atoms with Gasteiger partial charge in [-0.2, -0.15) is 5.10 Å². The van der Waals surface area contributed by atoms with Crippen LogP contribution in [-0.4, -0.2) is 42.6 Å². The number of nitrogens with zero attached hydrogens (tertiary/aromatic N) is 5. The van der Waals surface area contributed by atoms with Crippen molar-refractivity contribution in [1.82, 2.24) is 24.3 Å². The molecule has 0 radical (unpaired) electrons. The normalized spacial score (nSPS) is 11.0. The summed E-state index contributed by atoms with van der Waals surface area (Å²) in [5, 5.41) is 18.4. The molecule has 1 aromatic carbocycles. The molecule has 0 aliphatic rings. The number of rotatable bonds is 5. The molecular weight excluding hydrogens is 456 g/mol. The van der Waals surface area contributed by atoms with Crippen LogP contribution < -0.4 is 10.1 Å². The number of fused-ring (bicyclic) bond motifs is 1. The Morgan fingerprint density at radius 2 is 1.88 bits per heavy atom. The number of carbonyl (C=O) groups is 1. The maximum Gasteiger partial charge on any atom is 0.416 e. The molecule has 2 N–H and O–H groups in total. The standard InChI is InChI=1S/C24H19ClN6O3/c1-30-13-17(12-28-30)20-8-16-11-27-22(10-21(16)31(20)24(32)33)29-19-4-3-14(7-18(19)25)15-5-6-26-23(9-15)34-2/h3-13H,1-2H3,(H,27,29)(H,32,33). The lowest BCUT2D eigenvalue weighted by Crippen LogP contribution is -2.09. The van der Waals surface area contributed by atoms with Crippen molar-refractivity contribution in [2.75, 3.05) is 12.4 Å². The smallest absolute Gasteiger partial charge is 0.416 e. The van der Waals surface area contributed by atoms with Gasteiger partial charge in [0, 0.05) is 48.7 Å². The summed E-state index contributed by atoms with van der Waals surface area (Å²) in [4.78, 5) is 20.6. The number of halogens is 1. The molecule has 4 heterocycles. The van der Waals surface area contributed by atoms with Gasteiger partial charge in [-0.05, 0) is 35.4 Å². The van der Waals surface area contributed by atoms with Crippen molar-refractivity contribution in [3.8, 4) is 28.3 Å². The predicted molar refractivity (Wildman–Crippen MR) is 130 cm³/mol. The fourth-order valence-electron chi connectivity index (χ4n) is 3.78. The van der Waals surface area contributed by atoms with Crippen molar-refractivity contribution in [2.24, 2.45) is 7.05 Å². The van der Waals surface area contributed by atoms with Crippen LogP contribution in [0.15, 0.2) is 67.3 Å². The van der Waals surface area contributed by atoms with Crippen LogP contribution in [0.1, 0.15) is 0 Å². The monoisotopic (exact) mass is 474 g/mol. The Morgan fingerprint density at radius 1 is 1.06 bits per heavy atom. The molecule has 0 aliphatic heterocycles. The quantitative estimate of drug-likeness (QED) is 0.349. The molecule has 0 fully saturated rings. The van der Waals surface area contributed by atoms with Crippen LogP contribution >= 0.6 is 11.6 Å². The molecule has 0 saturated heterocycles. The van der Waals surface area contributed by atoms with Crippen LogP contribution in [0.4, 0.5) is 16.3 Å². The molecule has 0 bridgehead atoms. The molecule has 4 aromatic heterocycles. The summed E-state index contributed by atoms with van der Waals surface area (Å²) < 4.78 is 8.03. The Labute approximate surface area is 199 Å². The number of aryl methyl sites for hydroxylation is 1. The number of anilines is 2. The van der Waals surface area contributed by atoms with Gasteiger partial charge in [0.15, 0.2) is 0 Å². The van der Waals surface area contributed by atoms with Gasteiger partial charge in [0.1, 0.15) is 5.82 Å². The lowest BCUT2D eigenvalue weighted by Gasteiger charge is -2.11. The maximum absolute atomic E-state index is 12.1. The van der Waals surface area contributed by atoms with Crippen LogP contribution in [0, 0.1) is 0 Å². The minimum Gasteiger partial charge on any atom is -0.481 e. The predicted octanol–water partition coefficient (Wildman–Crippen LogP) is 5.43. The first-order valence-electron chi connectivity index (χ1n) is 10.2. The second-order valence-corrected chi connectivity index (χ2v) is 7.99. The third-order valence-electron chi connectivity index (χ3n) is 5.39. The van der Waals surface area contributed by atoms with Gasteiger partial charge >= 0.3 is 6.09 Å². The van der Waals surface area contributed by atoms with Crippen molar-refractivity contribution in [2.45, 2.75) is 0 Å². The van der Waals surface area contributed by atoms with E-state index in [1.807, 2.05) is 30.3 Å². The van der Waals surface area contributed by atoms with Gasteiger partial charge in [-0.25, -0.2) is 19.3 Å². The molecule has 0 spiro atoms. The molecule has 0 aliphatic carbocycles. The second kappa shape index (κ2) is 8.53. The first-order chi connectivity index (χ1) is 16.4. The van der Waals surface area contributed by atoms with E-state index >= 15 is 0 Å². The van der Waals surface area contributed by atoms with E-state index in [-0.39, 0.29) is 0 Å². The van der Waals surface area contributed by atoms with E-state index in [0.29, 0.717) is 44.6 Å². The number of pyridine rings is 2. The number of nitrogens with one attached hydrogen (secondary N) is 1. The summed E-state index contributed by atoms with van der Waals surface area (Å²) in [6, 6.07) is 12.8. The highest BCUT2D eigenvalue weighted by Gasteiger charge is 2.18. The number of methoxy groups -OCH3 is 1. The molecule has 0 atom stereocenters. The zero-order valence-corrected chi connectivity index (χ0v) is 19.0. The molecule has 34 heavy (non-hydrogen) atoms. The van der Waals surface area contributed by atoms with Crippen LogP contribution in [0.5, 0.6) is 5.88 Å². The lowest BCUT2D eigenvalue weighted by molar-refractivity contribution is 0.198. The molecule has 0 saturated carbocycles. The average molecular weight is 475 g/mol. The van der Waals surface area contributed by atoms with Crippen LogP contribution in [0.25, 0.3) is 33.3 Å². The van der Waals surface area contributed by atoms with Gasteiger partial charge in [0.25, 0.3) is 0 Å². The molecule has 0 unspecified atom stereocenters. The minimum atomic E-state index is -1.10. The number of hydrogen-bond acceptors (Lipinski definition) is 6. The summed E-state index contributed by atoms with van der Waals surface area (Å²) in [5.74, 6) is 0.978. The zero-order chi connectivity index (χ0) is 23.8. The van der Waals surface area contributed by atoms with E-state index in [9.17, 15) is 9.90 Å². The average Bonchev–Trinajstić information content (AvgIpc) is 3.43. The van der Waals surface area contributed by atoms with Gasteiger partial charge in [-0.3, -0.25) is 4.68 Å². The highest BCUT2D eigenvalue weighted by molar-refractivity contribution is 6.33. The summed E-state index contributed by atoms with van der Waals surface area (Å²) in [5.41, 5.74) is 4.17. The Balaban J connectivity index is 1.49. The highest BCUT2D eigenvalue weighted by Crippen LogP contribution is 2.33. The molecular formula is C24H19ClN6O3. The number of hydrogen-bond donors (Lipinski definition) is 2. The second-order valence-electron chi connectivity index (χ2n) is 7.59. The number of aromatic nitrogens is 5. The van der Waals surface area contributed by atoms with Crippen molar-refractivity contribution in [3.05, 3.63) is 72.3 Å². The highest BCUT2D eigenvalue weighted by atomic mass is 35.5.